The second kappa shape index (κ2) is 6.51. The third-order valence-electron chi connectivity index (χ3n) is 7.39. The van der Waals surface area contributed by atoms with E-state index in [0.29, 0.717) is 17.2 Å². The third-order valence-corrected chi connectivity index (χ3v) is 7.39. The molecule has 2 aliphatic carbocycles. The number of hydrogen-bond donors (Lipinski definition) is 0. The van der Waals surface area contributed by atoms with Crippen molar-refractivity contribution in [2.75, 3.05) is 21.3 Å². The molecular formula is C22H28O7. The summed E-state index contributed by atoms with van der Waals surface area (Å²) >= 11 is 0. The van der Waals surface area contributed by atoms with Gasteiger partial charge >= 0.3 is 5.97 Å². The first kappa shape index (κ1) is 19.0. The lowest BCUT2D eigenvalue weighted by atomic mass is 9.51. The molecule has 5 rings (SSSR count). The lowest BCUT2D eigenvalue weighted by Gasteiger charge is -2.57. The van der Waals surface area contributed by atoms with Crippen LogP contribution in [0, 0.1) is 5.41 Å². The molecule has 1 spiro atoms. The number of fused-ring (bicyclic) bond motifs is 3. The highest BCUT2D eigenvalue weighted by molar-refractivity contribution is 5.67. The van der Waals surface area contributed by atoms with E-state index in [-0.39, 0.29) is 23.6 Å². The molecule has 0 radical (unpaired) electrons. The molecule has 0 amide bonds. The average molecular weight is 404 g/mol. The Morgan fingerprint density at radius 3 is 2.55 bits per heavy atom. The average Bonchev–Trinajstić information content (AvgIpc) is 2.99. The van der Waals surface area contributed by atoms with Crippen molar-refractivity contribution in [1.29, 1.82) is 0 Å². The molecule has 2 saturated heterocycles. The Morgan fingerprint density at radius 2 is 1.86 bits per heavy atom. The molecule has 29 heavy (non-hydrogen) atoms. The fraction of sp³-hybridized carbons (Fsp3) is 0.682. The second-order valence-electron chi connectivity index (χ2n) is 8.61. The van der Waals surface area contributed by atoms with Gasteiger partial charge in [-0.15, -0.1) is 0 Å². The van der Waals surface area contributed by atoms with Crippen molar-refractivity contribution in [3.05, 3.63) is 17.2 Å². The summed E-state index contributed by atoms with van der Waals surface area (Å²) in [5.41, 5.74) is 1.63. The van der Waals surface area contributed by atoms with E-state index in [2.05, 4.69) is 0 Å². The number of carbonyl (C=O) groups is 1. The minimum absolute atomic E-state index is 0.0346. The third kappa shape index (κ3) is 2.40. The normalized spacial score (nSPS) is 36.6. The molecule has 2 aliphatic heterocycles. The smallest absolute Gasteiger partial charge is 0.304 e. The second-order valence-corrected chi connectivity index (χ2v) is 8.61. The van der Waals surface area contributed by atoms with Crippen LogP contribution in [0.25, 0.3) is 0 Å². The van der Waals surface area contributed by atoms with Crippen LogP contribution in [0.15, 0.2) is 6.07 Å². The van der Waals surface area contributed by atoms with E-state index >= 15 is 0 Å². The van der Waals surface area contributed by atoms with Gasteiger partial charge in [0.15, 0.2) is 17.8 Å². The Labute approximate surface area is 170 Å². The number of esters is 1. The minimum Gasteiger partial charge on any atom is -0.493 e. The Morgan fingerprint density at radius 1 is 1.10 bits per heavy atom. The van der Waals surface area contributed by atoms with Gasteiger partial charge in [-0.05, 0) is 30.9 Å². The molecular weight excluding hydrogens is 376 g/mol. The van der Waals surface area contributed by atoms with Crippen molar-refractivity contribution in [3.63, 3.8) is 0 Å². The summed E-state index contributed by atoms with van der Waals surface area (Å²) in [5, 5.41) is 0. The lowest BCUT2D eigenvalue weighted by Crippen LogP contribution is -2.60. The maximum atomic E-state index is 11.9. The predicted molar refractivity (Wildman–Crippen MR) is 102 cm³/mol. The lowest BCUT2D eigenvalue weighted by molar-refractivity contribution is -0.323. The van der Waals surface area contributed by atoms with Gasteiger partial charge in [-0.3, -0.25) is 4.79 Å². The highest BCUT2D eigenvalue weighted by atomic mass is 16.8. The van der Waals surface area contributed by atoms with Crippen molar-refractivity contribution >= 4 is 5.97 Å². The van der Waals surface area contributed by atoms with Crippen LogP contribution < -0.4 is 14.2 Å². The molecule has 1 aromatic rings. The number of benzene rings is 1. The van der Waals surface area contributed by atoms with Crippen molar-refractivity contribution in [3.8, 4) is 17.2 Å². The van der Waals surface area contributed by atoms with Gasteiger partial charge in [-0.2, -0.15) is 0 Å². The zero-order valence-corrected chi connectivity index (χ0v) is 17.4. The number of rotatable bonds is 4. The summed E-state index contributed by atoms with van der Waals surface area (Å²) < 4.78 is 35.6. The Balaban J connectivity index is 1.78. The van der Waals surface area contributed by atoms with E-state index in [1.165, 1.54) is 13.3 Å². The Kier molecular flexibility index (Phi) is 4.26. The van der Waals surface area contributed by atoms with Crippen molar-refractivity contribution in [1.82, 2.24) is 0 Å². The van der Waals surface area contributed by atoms with Crippen LogP contribution in [0.3, 0.4) is 0 Å². The predicted octanol–water partition coefficient (Wildman–Crippen LogP) is 3.32. The van der Waals surface area contributed by atoms with E-state index in [0.717, 1.165) is 43.2 Å². The molecule has 4 aliphatic rings. The minimum atomic E-state index is -0.711. The summed E-state index contributed by atoms with van der Waals surface area (Å²) in [6.45, 7) is 1.42. The summed E-state index contributed by atoms with van der Waals surface area (Å²) in [7, 11) is 4.85. The van der Waals surface area contributed by atoms with Gasteiger partial charge in [0.05, 0.1) is 32.8 Å². The highest BCUT2D eigenvalue weighted by Crippen LogP contribution is 2.70. The summed E-state index contributed by atoms with van der Waals surface area (Å²) in [5.74, 6) is 1.15. The largest absolute Gasteiger partial charge is 0.493 e. The van der Waals surface area contributed by atoms with Gasteiger partial charge in [0, 0.05) is 24.3 Å². The highest BCUT2D eigenvalue weighted by Gasteiger charge is 2.72. The van der Waals surface area contributed by atoms with Crippen LogP contribution in [0.1, 0.15) is 56.1 Å². The standard InChI is InChI=1S/C22H28O7/c1-12(23)27-20-17-16-13(9-14(24-2)18(25-3)19(16)26-4)10-21-7-5-6-8-22(17,21)29-15(11-21)28-20/h9,15,17,20H,5-8,10-11H2,1-4H3/t15-,17?,20-,21-,22-/m1/s1. The Bertz CT molecular complexity index is 852. The van der Waals surface area contributed by atoms with E-state index in [9.17, 15) is 4.79 Å². The van der Waals surface area contributed by atoms with Gasteiger partial charge in [0.25, 0.3) is 0 Å². The maximum absolute atomic E-state index is 11.9. The van der Waals surface area contributed by atoms with Gasteiger partial charge in [0.1, 0.15) is 0 Å². The van der Waals surface area contributed by atoms with Crippen LogP contribution >= 0.6 is 0 Å². The first-order valence-electron chi connectivity index (χ1n) is 10.3. The van der Waals surface area contributed by atoms with Crippen LogP contribution in [0.5, 0.6) is 17.2 Å². The first-order valence-corrected chi connectivity index (χ1v) is 10.3. The molecule has 5 atom stereocenters. The van der Waals surface area contributed by atoms with Crippen LogP contribution in [0.2, 0.25) is 0 Å². The molecule has 0 N–H and O–H groups in total. The molecule has 2 heterocycles. The SMILES string of the molecule is COc1cc2c(c(OC)c1OC)C1[C@H](OC(C)=O)O[C@H]3C[C@@]4(CCCC[C@@]14O3)C2. The molecule has 3 fully saturated rings. The van der Waals surface area contributed by atoms with Crippen LogP contribution in [0.4, 0.5) is 0 Å². The van der Waals surface area contributed by atoms with E-state index in [1.54, 1.807) is 21.3 Å². The fourth-order valence-corrected chi connectivity index (χ4v) is 6.48. The van der Waals surface area contributed by atoms with Crippen LogP contribution in [-0.4, -0.2) is 45.5 Å². The van der Waals surface area contributed by atoms with Crippen LogP contribution in [-0.2, 0) is 25.4 Å². The Hall–Kier alpha value is -1.99. The zero-order valence-electron chi connectivity index (χ0n) is 17.4. The maximum Gasteiger partial charge on any atom is 0.304 e. The molecule has 1 saturated carbocycles. The summed E-state index contributed by atoms with van der Waals surface area (Å²) in [6, 6.07) is 2.04. The molecule has 7 nitrogen and oxygen atoms in total. The molecule has 1 unspecified atom stereocenters. The number of carbonyl (C=O) groups excluding carboxylic acids is 1. The van der Waals surface area contributed by atoms with E-state index < -0.39 is 11.9 Å². The van der Waals surface area contributed by atoms with Gasteiger partial charge in [0.2, 0.25) is 12.0 Å². The molecule has 7 heteroatoms. The molecule has 2 bridgehead atoms. The summed E-state index contributed by atoms with van der Waals surface area (Å²) in [4.78, 5) is 11.9. The van der Waals surface area contributed by atoms with Gasteiger partial charge in [-0.1, -0.05) is 12.8 Å². The van der Waals surface area contributed by atoms with Crippen molar-refractivity contribution < 1.29 is 33.2 Å². The van der Waals surface area contributed by atoms with E-state index in [1.807, 2.05) is 6.07 Å². The summed E-state index contributed by atoms with van der Waals surface area (Å²) in [6.07, 6.45) is 4.87. The number of ether oxygens (including phenoxy) is 6. The monoisotopic (exact) mass is 404 g/mol. The van der Waals surface area contributed by atoms with E-state index in [4.69, 9.17) is 28.4 Å². The number of hydrogen-bond acceptors (Lipinski definition) is 7. The van der Waals surface area contributed by atoms with Gasteiger partial charge in [-0.25, -0.2) is 0 Å². The fourth-order valence-electron chi connectivity index (χ4n) is 6.48. The zero-order chi connectivity index (χ0) is 20.4. The molecule has 0 aromatic heterocycles. The van der Waals surface area contributed by atoms with Crippen molar-refractivity contribution in [2.45, 2.75) is 69.5 Å². The first-order chi connectivity index (χ1) is 14.0. The number of methoxy groups -OCH3 is 3. The van der Waals surface area contributed by atoms with Crippen molar-refractivity contribution in [2.24, 2.45) is 5.41 Å². The topological polar surface area (TPSA) is 72.5 Å². The molecule has 158 valence electrons. The van der Waals surface area contributed by atoms with Gasteiger partial charge < -0.3 is 28.4 Å². The quantitative estimate of drug-likeness (QED) is 0.713. The molecule has 1 aromatic carbocycles.